The van der Waals surface area contributed by atoms with E-state index in [1.165, 1.54) is 17.0 Å². The minimum Gasteiger partial charge on any atom is -0.388 e. The van der Waals surface area contributed by atoms with Crippen molar-refractivity contribution in [2.24, 2.45) is 0 Å². The molecule has 0 aliphatic carbocycles. The summed E-state index contributed by atoms with van der Waals surface area (Å²) in [5.41, 5.74) is 2.84. The lowest BCUT2D eigenvalue weighted by Crippen LogP contribution is -2.48. The van der Waals surface area contributed by atoms with Crippen LogP contribution in [0.4, 0.5) is 11.6 Å². The SMILES string of the molecule is CNc1ccccc1C(=O)[C@]1(O)C[C@H](n2cnc3c(=O)[nH]c(N)nc32)O[C@@H]1COP(=O)(O)OP(=O)(O)O. The molecule has 19 heteroatoms. The average molecular weight is 560 g/mol. The fraction of sp³-hybridized carbons (Fsp3) is 0.333. The summed E-state index contributed by atoms with van der Waals surface area (Å²) in [6.45, 7) is -1.00. The summed E-state index contributed by atoms with van der Waals surface area (Å²) >= 11 is 0. The van der Waals surface area contributed by atoms with Gasteiger partial charge in [0.1, 0.15) is 12.3 Å². The summed E-state index contributed by atoms with van der Waals surface area (Å²) in [6, 6.07) is 6.20. The predicted octanol–water partition coefficient (Wildman–Crippen LogP) is -0.129. The molecule has 1 unspecified atom stereocenters. The van der Waals surface area contributed by atoms with Crippen molar-refractivity contribution in [1.82, 2.24) is 19.5 Å². The quantitative estimate of drug-likeness (QED) is 0.133. The van der Waals surface area contributed by atoms with Crippen LogP contribution >= 0.6 is 15.6 Å². The third-order valence-corrected chi connectivity index (χ3v) is 7.69. The molecule has 1 saturated heterocycles. The Balaban J connectivity index is 1.72. The van der Waals surface area contributed by atoms with E-state index >= 15 is 0 Å². The molecule has 1 aliphatic heterocycles. The summed E-state index contributed by atoms with van der Waals surface area (Å²) in [5, 5.41) is 14.4. The average Bonchev–Trinajstić information content (AvgIpc) is 3.37. The first kappa shape index (κ1) is 27.1. The van der Waals surface area contributed by atoms with E-state index in [1.807, 2.05) is 0 Å². The Morgan fingerprint density at radius 3 is 2.73 bits per heavy atom. The number of benzene rings is 1. The molecule has 37 heavy (non-hydrogen) atoms. The number of para-hydroxylation sites is 1. The molecule has 1 aliphatic rings. The van der Waals surface area contributed by atoms with Gasteiger partial charge in [-0.05, 0) is 12.1 Å². The number of ether oxygens (including phenoxy) is 1. The molecule has 0 bridgehead atoms. The summed E-state index contributed by atoms with van der Waals surface area (Å²) in [5.74, 6) is -1.09. The van der Waals surface area contributed by atoms with Crippen molar-refractivity contribution in [3.05, 3.63) is 46.5 Å². The molecule has 0 saturated carbocycles. The second-order valence-electron chi connectivity index (χ2n) is 7.94. The number of hydrogen-bond acceptors (Lipinski definition) is 12. The Morgan fingerprint density at radius 2 is 2.05 bits per heavy atom. The highest BCUT2D eigenvalue weighted by atomic mass is 31.3. The number of H-pyrrole nitrogens is 1. The summed E-state index contributed by atoms with van der Waals surface area (Å²) in [4.78, 5) is 63.3. The molecule has 200 valence electrons. The normalized spacial score (nSPS) is 23.7. The Morgan fingerprint density at radius 1 is 1.35 bits per heavy atom. The second kappa shape index (κ2) is 9.72. The van der Waals surface area contributed by atoms with Gasteiger partial charge in [-0.15, -0.1) is 0 Å². The maximum atomic E-state index is 13.6. The molecule has 17 nitrogen and oxygen atoms in total. The second-order valence-corrected chi connectivity index (χ2v) is 10.8. The number of aromatic amines is 1. The number of anilines is 2. The number of nitrogens with two attached hydrogens (primary N) is 1. The number of fused-ring (bicyclic) bond motifs is 1. The monoisotopic (exact) mass is 560 g/mol. The number of nitrogens with one attached hydrogen (secondary N) is 2. The van der Waals surface area contributed by atoms with Crippen molar-refractivity contribution in [3.8, 4) is 0 Å². The Bertz CT molecular complexity index is 1500. The first-order valence-electron chi connectivity index (χ1n) is 10.4. The van der Waals surface area contributed by atoms with Gasteiger partial charge in [-0.25, -0.2) is 14.1 Å². The number of carbonyl (C=O) groups is 1. The van der Waals surface area contributed by atoms with Gasteiger partial charge in [0.05, 0.1) is 12.9 Å². The van der Waals surface area contributed by atoms with Gasteiger partial charge in [-0.3, -0.25) is 23.7 Å². The van der Waals surface area contributed by atoms with Gasteiger partial charge in [-0.1, -0.05) is 12.1 Å². The van der Waals surface area contributed by atoms with Gasteiger partial charge < -0.3 is 35.6 Å². The number of phosphoric acid groups is 2. The van der Waals surface area contributed by atoms with Crippen molar-refractivity contribution in [2.75, 3.05) is 24.7 Å². The Hall–Kier alpha value is -2.98. The summed E-state index contributed by atoms with van der Waals surface area (Å²) in [6.07, 6.45) is -2.16. The van der Waals surface area contributed by atoms with Crippen LogP contribution in [-0.4, -0.2) is 70.4 Å². The van der Waals surface area contributed by atoms with Crippen molar-refractivity contribution in [2.45, 2.75) is 24.4 Å². The maximum absolute atomic E-state index is 13.6. The number of phosphoric ester groups is 1. The standard InChI is InChI=1S/C18H22N6O11P2/c1-20-10-5-3-2-4-9(10)14(25)18(27)6-12(24-8-21-13-15(24)22-17(19)23-16(13)26)34-11(18)7-33-37(31,32)35-36(28,29)30/h2-5,8,11-12,20,27H,6-7H2,1H3,(H,31,32)(H2,28,29,30)(H3,19,22,23,26)/t11-,12-,18+/m1/s1. The van der Waals surface area contributed by atoms with E-state index < -0.39 is 57.9 Å². The lowest BCUT2D eigenvalue weighted by Gasteiger charge is -2.27. The number of nitrogen functional groups attached to an aromatic ring is 1. The van der Waals surface area contributed by atoms with Crippen LogP contribution in [0.5, 0.6) is 0 Å². The molecular weight excluding hydrogens is 538 g/mol. The fourth-order valence-electron chi connectivity index (χ4n) is 3.93. The zero-order valence-electron chi connectivity index (χ0n) is 18.9. The number of carbonyl (C=O) groups excluding carboxylic acids is 1. The zero-order valence-corrected chi connectivity index (χ0v) is 20.7. The number of imidazole rings is 1. The smallest absolute Gasteiger partial charge is 0.388 e. The number of ketones is 1. The number of hydrogen-bond donors (Lipinski definition) is 7. The van der Waals surface area contributed by atoms with Crippen LogP contribution in [0, 0.1) is 0 Å². The summed E-state index contributed by atoms with van der Waals surface area (Å²) in [7, 11) is -9.22. The van der Waals surface area contributed by atoms with Crippen molar-refractivity contribution < 1.29 is 47.3 Å². The Kier molecular flexibility index (Phi) is 7.11. The lowest BCUT2D eigenvalue weighted by molar-refractivity contribution is -0.0662. The van der Waals surface area contributed by atoms with Gasteiger partial charge in [0.15, 0.2) is 22.5 Å². The van der Waals surface area contributed by atoms with Gasteiger partial charge in [0.25, 0.3) is 5.56 Å². The van der Waals surface area contributed by atoms with Crippen LogP contribution in [0.2, 0.25) is 0 Å². The molecule has 4 atom stereocenters. The third-order valence-electron chi connectivity index (χ3n) is 5.53. The number of nitrogens with zero attached hydrogens (tertiary/aromatic N) is 3. The van der Waals surface area contributed by atoms with Crippen LogP contribution < -0.4 is 16.6 Å². The molecule has 0 radical (unpaired) electrons. The molecule has 3 aromatic rings. The van der Waals surface area contributed by atoms with Gasteiger partial charge in [0, 0.05) is 24.7 Å². The topological polar surface area (TPSA) is 261 Å². The van der Waals surface area contributed by atoms with Crippen molar-refractivity contribution in [3.63, 3.8) is 0 Å². The van der Waals surface area contributed by atoms with Gasteiger partial charge >= 0.3 is 15.6 Å². The highest BCUT2D eigenvalue weighted by molar-refractivity contribution is 7.60. The molecule has 1 aromatic carbocycles. The fourth-order valence-corrected chi connectivity index (χ4v) is 5.52. The third kappa shape index (κ3) is 5.50. The highest BCUT2D eigenvalue weighted by Gasteiger charge is 2.55. The highest BCUT2D eigenvalue weighted by Crippen LogP contribution is 2.58. The van der Waals surface area contributed by atoms with E-state index in [2.05, 4.69) is 29.1 Å². The van der Waals surface area contributed by atoms with E-state index in [9.17, 15) is 28.7 Å². The number of Topliss-reactive ketones (excluding diaryl/α,β-unsaturated/α-hetero) is 1. The number of aliphatic hydroxyl groups is 1. The molecule has 4 rings (SSSR count). The first-order chi connectivity index (χ1) is 17.2. The molecule has 0 spiro atoms. The van der Waals surface area contributed by atoms with Crippen LogP contribution in [0.1, 0.15) is 23.0 Å². The Labute approximate surface area is 207 Å². The largest absolute Gasteiger partial charge is 0.481 e. The van der Waals surface area contributed by atoms with E-state index in [0.29, 0.717) is 5.69 Å². The lowest BCUT2D eigenvalue weighted by atomic mass is 9.85. The number of rotatable bonds is 9. The van der Waals surface area contributed by atoms with Crippen LogP contribution in [-0.2, 0) is 22.7 Å². The van der Waals surface area contributed by atoms with E-state index in [4.69, 9.17) is 20.3 Å². The van der Waals surface area contributed by atoms with Crippen molar-refractivity contribution in [1.29, 1.82) is 0 Å². The molecule has 0 amide bonds. The molecule has 8 N–H and O–H groups in total. The zero-order chi connectivity index (χ0) is 27.2. The molecular formula is C18H22N6O11P2. The van der Waals surface area contributed by atoms with Crippen LogP contribution in [0.25, 0.3) is 11.2 Å². The van der Waals surface area contributed by atoms with E-state index in [0.717, 1.165) is 0 Å². The van der Waals surface area contributed by atoms with Crippen LogP contribution in [0.3, 0.4) is 0 Å². The maximum Gasteiger partial charge on any atom is 0.481 e. The molecule has 3 heterocycles. The van der Waals surface area contributed by atoms with Crippen molar-refractivity contribution >= 4 is 44.2 Å². The van der Waals surface area contributed by atoms with E-state index in [-0.39, 0.29) is 22.7 Å². The van der Waals surface area contributed by atoms with Gasteiger partial charge in [0.2, 0.25) is 5.95 Å². The first-order valence-corrected chi connectivity index (χ1v) is 13.4. The van der Waals surface area contributed by atoms with E-state index in [1.54, 1.807) is 25.2 Å². The predicted molar refractivity (Wildman–Crippen MR) is 125 cm³/mol. The number of aromatic nitrogens is 4. The van der Waals surface area contributed by atoms with Gasteiger partial charge in [-0.2, -0.15) is 9.29 Å². The minimum atomic E-state index is -5.43. The minimum absolute atomic E-state index is 0.0316. The molecule has 1 fully saturated rings. The summed E-state index contributed by atoms with van der Waals surface area (Å²) < 4.78 is 38.4. The van der Waals surface area contributed by atoms with Crippen LogP contribution in [0.15, 0.2) is 35.4 Å². The molecule has 2 aromatic heterocycles.